The van der Waals surface area contributed by atoms with Crippen molar-refractivity contribution in [1.82, 2.24) is 9.97 Å². The van der Waals surface area contributed by atoms with Gasteiger partial charge in [-0.05, 0) is 37.1 Å². The molecular formula is C16H21BrN4. The molecule has 4 nitrogen and oxygen atoms in total. The summed E-state index contributed by atoms with van der Waals surface area (Å²) in [5.74, 6) is 1.82. The summed E-state index contributed by atoms with van der Waals surface area (Å²) < 4.78 is 1.06. The minimum atomic E-state index is 0.882. The van der Waals surface area contributed by atoms with E-state index < -0.39 is 0 Å². The van der Waals surface area contributed by atoms with E-state index in [9.17, 15) is 0 Å². The van der Waals surface area contributed by atoms with Crippen LogP contribution in [-0.4, -0.2) is 16.5 Å². The highest BCUT2D eigenvalue weighted by atomic mass is 79.9. The van der Waals surface area contributed by atoms with Crippen LogP contribution in [0.4, 0.5) is 17.3 Å². The van der Waals surface area contributed by atoms with Crippen LogP contribution >= 0.6 is 15.9 Å². The Hall–Kier alpha value is -1.62. The summed E-state index contributed by atoms with van der Waals surface area (Å²) in [5.41, 5.74) is 2.17. The average molecular weight is 349 g/mol. The molecule has 0 aliphatic carbocycles. The fourth-order valence-electron chi connectivity index (χ4n) is 2.07. The monoisotopic (exact) mass is 348 g/mol. The van der Waals surface area contributed by atoms with Crippen molar-refractivity contribution in [3.05, 3.63) is 40.6 Å². The van der Waals surface area contributed by atoms with Crippen LogP contribution in [0.15, 0.2) is 35.1 Å². The van der Waals surface area contributed by atoms with Crippen molar-refractivity contribution in [2.24, 2.45) is 0 Å². The molecule has 0 saturated carbocycles. The molecule has 5 heteroatoms. The van der Waals surface area contributed by atoms with Crippen molar-refractivity contribution in [1.29, 1.82) is 0 Å². The fourth-order valence-corrected chi connectivity index (χ4v) is 2.34. The van der Waals surface area contributed by atoms with Crippen LogP contribution < -0.4 is 10.6 Å². The highest BCUT2D eigenvalue weighted by Crippen LogP contribution is 2.25. The lowest BCUT2D eigenvalue weighted by molar-refractivity contribution is 0.892. The smallest absolute Gasteiger partial charge is 0.139 e. The predicted octanol–water partition coefficient (Wildman–Crippen LogP) is 4.76. The molecule has 21 heavy (non-hydrogen) atoms. The molecule has 1 heterocycles. The van der Waals surface area contributed by atoms with Gasteiger partial charge in [0.15, 0.2) is 0 Å². The molecule has 0 aliphatic rings. The van der Waals surface area contributed by atoms with Crippen molar-refractivity contribution in [2.75, 3.05) is 17.2 Å². The van der Waals surface area contributed by atoms with E-state index in [1.165, 1.54) is 0 Å². The number of hydrogen-bond acceptors (Lipinski definition) is 4. The van der Waals surface area contributed by atoms with Gasteiger partial charge in [-0.3, -0.25) is 0 Å². The third-order valence-corrected chi connectivity index (χ3v) is 3.62. The van der Waals surface area contributed by atoms with Crippen LogP contribution in [0.1, 0.15) is 32.3 Å². The van der Waals surface area contributed by atoms with Gasteiger partial charge in [0.25, 0.3) is 0 Å². The Kier molecular flexibility index (Phi) is 5.99. The summed E-state index contributed by atoms with van der Waals surface area (Å²) in [5, 5.41) is 6.77. The zero-order valence-corrected chi connectivity index (χ0v) is 14.1. The van der Waals surface area contributed by atoms with E-state index in [0.717, 1.165) is 53.2 Å². The number of rotatable bonds is 7. The molecule has 1 aromatic heterocycles. The third-order valence-electron chi connectivity index (χ3n) is 3.09. The predicted molar refractivity (Wildman–Crippen MR) is 92.2 cm³/mol. The highest BCUT2D eigenvalue weighted by Gasteiger charge is 2.10. The average Bonchev–Trinajstić information content (AvgIpc) is 2.50. The number of hydrogen-bond donors (Lipinski definition) is 2. The molecular weight excluding hydrogens is 328 g/mol. The first-order valence-electron chi connectivity index (χ1n) is 7.35. The second kappa shape index (κ2) is 7.98. The summed E-state index contributed by atoms with van der Waals surface area (Å²) in [6, 6.07) is 8.08. The van der Waals surface area contributed by atoms with E-state index >= 15 is 0 Å². The summed E-state index contributed by atoms with van der Waals surface area (Å²) in [4.78, 5) is 8.79. The minimum absolute atomic E-state index is 0.882. The second-order valence-electron chi connectivity index (χ2n) is 4.86. The van der Waals surface area contributed by atoms with E-state index in [4.69, 9.17) is 0 Å². The van der Waals surface area contributed by atoms with Gasteiger partial charge in [-0.1, -0.05) is 36.2 Å². The third kappa shape index (κ3) is 4.43. The molecule has 0 amide bonds. The lowest BCUT2D eigenvalue weighted by Crippen LogP contribution is -2.09. The molecule has 0 spiro atoms. The maximum atomic E-state index is 4.41. The normalized spacial score (nSPS) is 10.4. The summed E-state index contributed by atoms with van der Waals surface area (Å²) in [6.07, 6.45) is 4.69. The molecule has 2 N–H and O–H groups in total. The summed E-state index contributed by atoms with van der Waals surface area (Å²) >= 11 is 3.45. The molecule has 112 valence electrons. The van der Waals surface area contributed by atoms with Gasteiger partial charge < -0.3 is 10.6 Å². The van der Waals surface area contributed by atoms with Gasteiger partial charge in [0, 0.05) is 22.3 Å². The molecule has 0 saturated heterocycles. The maximum Gasteiger partial charge on any atom is 0.139 e. The van der Waals surface area contributed by atoms with Gasteiger partial charge in [0.2, 0.25) is 0 Å². The Labute approximate surface area is 134 Å². The molecule has 2 aromatic rings. The highest BCUT2D eigenvalue weighted by molar-refractivity contribution is 9.10. The van der Waals surface area contributed by atoms with E-state index in [1.807, 2.05) is 24.3 Å². The van der Waals surface area contributed by atoms with Crippen molar-refractivity contribution in [3.63, 3.8) is 0 Å². The van der Waals surface area contributed by atoms with Gasteiger partial charge in [-0.25, -0.2) is 9.97 Å². The minimum Gasteiger partial charge on any atom is -0.370 e. The zero-order chi connectivity index (χ0) is 15.1. The van der Waals surface area contributed by atoms with Gasteiger partial charge >= 0.3 is 0 Å². The van der Waals surface area contributed by atoms with Crippen LogP contribution in [0.3, 0.4) is 0 Å². The Balaban J connectivity index is 2.26. The van der Waals surface area contributed by atoms with Crippen molar-refractivity contribution in [2.45, 2.75) is 33.1 Å². The second-order valence-corrected chi connectivity index (χ2v) is 5.77. The molecule has 0 atom stereocenters. The lowest BCUT2D eigenvalue weighted by atomic mass is 10.1. The van der Waals surface area contributed by atoms with Crippen molar-refractivity contribution >= 4 is 33.3 Å². The number of halogens is 1. The molecule has 1 aromatic carbocycles. The van der Waals surface area contributed by atoms with Crippen LogP contribution in [0.25, 0.3) is 0 Å². The van der Waals surface area contributed by atoms with Crippen LogP contribution in [0.5, 0.6) is 0 Å². The van der Waals surface area contributed by atoms with E-state index in [0.29, 0.717) is 0 Å². The van der Waals surface area contributed by atoms with Gasteiger partial charge in [0.05, 0.1) is 0 Å². The molecule has 2 rings (SSSR count). The van der Waals surface area contributed by atoms with Gasteiger partial charge in [-0.2, -0.15) is 0 Å². The van der Waals surface area contributed by atoms with Gasteiger partial charge in [0.1, 0.15) is 18.0 Å². The number of aromatic nitrogens is 2. The fraction of sp³-hybridized carbons (Fsp3) is 0.375. The first-order valence-corrected chi connectivity index (χ1v) is 8.14. The maximum absolute atomic E-state index is 4.41. The number of anilines is 3. The lowest BCUT2D eigenvalue weighted by Gasteiger charge is -2.15. The van der Waals surface area contributed by atoms with E-state index in [2.05, 4.69) is 50.4 Å². The largest absolute Gasteiger partial charge is 0.370 e. The SMILES string of the molecule is CCCNc1ncnc(Nc2ccc(Br)cc2)c1CCC. The molecule has 0 unspecified atom stereocenters. The number of nitrogens with zero attached hydrogens (tertiary/aromatic N) is 2. The van der Waals surface area contributed by atoms with Crippen molar-refractivity contribution < 1.29 is 0 Å². The Bertz CT molecular complexity index is 569. The van der Waals surface area contributed by atoms with Crippen molar-refractivity contribution in [3.8, 4) is 0 Å². The molecule has 0 fully saturated rings. The Morgan fingerprint density at radius 1 is 1.00 bits per heavy atom. The van der Waals surface area contributed by atoms with E-state index in [1.54, 1.807) is 6.33 Å². The van der Waals surface area contributed by atoms with Crippen LogP contribution in [0.2, 0.25) is 0 Å². The Morgan fingerprint density at radius 3 is 2.38 bits per heavy atom. The van der Waals surface area contributed by atoms with Crippen LogP contribution in [0, 0.1) is 0 Å². The summed E-state index contributed by atoms with van der Waals surface area (Å²) in [6.45, 7) is 5.24. The summed E-state index contributed by atoms with van der Waals surface area (Å²) in [7, 11) is 0. The zero-order valence-electron chi connectivity index (χ0n) is 12.5. The first-order chi connectivity index (χ1) is 10.2. The van der Waals surface area contributed by atoms with Gasteiger partial charge in [-0.15, -0.1) is 0 Å². The quantitative estimate of drug-likeness (QED) is 0.757. The molecule has 0 bridgehead atoms. The first kappa shape index (κ1) is 15.8. The number of nitrogens with one attached hydrogen (secondary N) is 2. The molecule has 0 radical (unpaired) electrons. The Morgan fingerprint density at radius 2 is 1.71 bits per heavy atom. The van der Waals surface area contributed by atoms with Crippen LogP contribution in [-0.2, 0) is 6.42 Å². The van der Waals surface area contributed by atoms with E-state index in [-0.39, 0.29) is 0 Å². The molecule has 0 aliphatic heterocycles. The standard InChI is InChI=1S/C16H21BrN4/c1-3-5-14-15(18-10-4-2)19-11-20-16(14)21-13-8-6-12(17)7-9-13/h6-9,11H,3-5,10H2,1-2H3,(H2,18,19,20,21). The number of benzene rings is 1. The topological polar surface area (TPSA) is 49.8 Å².